The highest BCUT2D eigenvalue weighted by Crippen LogP contribution is 2.20. The van der Waals surface area contributed by atoms with E-state index in [0.29, 0.717) is 0 Å². The van der Waals surface area contributed by atoms with Crippen molar-refractivity contribution in [2.24, 2.45) is 5.10 Å². The fourth-order valence-corrected chi connectivity index (χ4v) is 1.99. The van der Waals surface area contributed by atoms with Crippen molar-refractivity contribution in [1.82, 2.24) is 4.98 Å². The summed E-state index contributed by atoms with van der Waals surface area (Å²) in [6.45, 7) is 4.05. The quantitative estimate of drug-likeness (QED) is 0.650. The standard InChI is InChI=1S/C12H13N3S/c1-9-10(2)16-12(14-9)15-13-8-11-6-4-3-5-7-11/h3-8H,1-2H3,(H,14,15)/b13-8+. The van der Waals surface area contributed by atoms with Crippen LogP contribution in [0.2, 0.25) is 0 Å². The van der Waals surface area contributed by atoms with Gasteiger partial charge in [0.1, 0.15) is 0 Å². The van der Waals surface area contributed by atoms with Gasteiger partial charge in [-0.15, -0.1) is 11.3 Å². The fourth-order valence-electron chi connectivity index (χ4n) is 1.22. The van der Waals surface area contributed by atoms with E-state index in [9.17, 15) is 0 Å². The van der Waals surface area contributed by atoms with E-state index in [0.717, 1.165) is 16.4 Å². The van der Waals surface area contributed by atoms with E-state index in [1.165, 1.54) is 4.88 Å². The Morgan fingerprint density at radius 2 is 2.00 bits per heavy atom. The summed E-state index contributed by atoms with van der Waals surface area (Å²) >= 11 is 1.61. The average molecular weight is 231 g/mol. The summed E-state index contributed by atoms with van der Waals surface area (Å²) in [5, 5.41) is 4.97. The number of nitrogens with one attached hydrogen (secondary N) is 1. The molecule has 1 N–H and O–H groups in total. The van der Waals surface area contributed by atoms with Crippen LogP contribution in [0.3, 0.4) is 0 Å². The van der Waals surface area contributed by atoms with Crippen molar-refractivity contribution >= 4 is 22.7 Å². The molecule has 2 rings (SSSR count). The van der Waals surface area contributed by atoms with Crippen LogP contribution >= 0.6 is 11.3 Å². The lowest BCUT2D eigenvalue weighted by Gasteiger charge is -1.93. The Kier molecular flexibility index (Phi) is 3.31. The van der Waals surface area contributed by atoms with E-state index < -0.39 is 0 Å². The maximum atomic E-state index is 4.34. The Morgan fingerprint density at radius 1 is 1.25 bits per heavy atom. The Bertz CT molecular complexity index is 469. The molecule has 0 unspecified atom stereocenters. The van der Waals surface area contributed by atoms with Gasteiger partial charge in [0.15, 0.2) is 0 Å². The highest BCUT2D eigenvalue weighted by Gasteiger charge is 2.00. The third-order valence-corrected chi connectivity index (χ3v) is 3.18. The van der Waals surface area contributed by atoms with Gasteiger partial charge in [-0.05, 0) is 19.4 Å². The molecule has 0 bridgehead atoms. The number of thiazole rings is 1. The van der Waals surface area contributed by atoms with Gasteiger partial charge in [-0.25, -0.2) is 4.98 Å². The molecule has 0 aliphatic rings. The number of aryl methyl sites for hydroxylation is 2. The SMILES string of the molecule is Cc1nc(N/N=C/c2ccccc2)sc1C. The van der Waals surface area contributed by atoms with Crippen LogP contribution < -0.4 is 5.43 Å². The van der Waals surface area contributed by atoms with Gasteiger partial charge in [-0.2, -0.15) is 5.10 Å². The number of anilines is 1. The van der Waals surface area contributed by atoms with Crippen LogP contribution in [0.4, 0.5) is 5.13 Å². The van der Waals surface area contributed by atoms with E-state index in [-0.39, 0.29) is 0 Å². The van der Waals surface area contributed by atoms with Gasteiger partial charge in [0.05, 0.1) is 11.9 Å². The number of hydrazone groups is 1. The Hall–Kier alpha value is -1.68. The number of rotatable bonds is 3. The molecule has 16 heavy (non-hydrogen) atoms. The second kappa shape index (κ2) is 4.90. The van der Waals surface area contributed by atoms with Crippen LogP contribution in [-0.4, -0.2) is 11.2 Å². The number of nitrogens with zero attached hydrogens (tertiary/aromatic N) is 2. The molecule has 0 atom stereocenters. The molecule has 0 saturated carbocycles. The van der Waals surface area contributed by atoms with Crippen LogP contribution in [0.25, 0.3) is 0 Å². The molecule has 2 aromatic rings. The van der Waals surface area contributed by atoms with Crippen molar-refractivity contribution in [3.05, 3.63) is 46.5 Å². The zero-order valence-corrected chi connectivity index (χ0v) is 10.1. The largest absolute Gasteiger partial charge is 0.253 e. The van der Waals surface area contributed by atoms with E-state index in [1.807, 2.05) is 37.3 Å². The first-order valence-electron chi connectivity index (χ1n) is 5.04. The molecule has 0 spiro atoms. The minimum absolute atomic E-state index is 0.835. The number of hydrogen-bond donors (Lipinski definition) is 1. The lowest BCUT2D eigenvalue weighted by molar-refractivity contribution is 1.20. The molecule has 1 aromatic carbocycles. The molecule has 4 heteroatoms. The monoisotopic (exact) mass is 231 g/mol. The summed E-state index contributed by atoms with van der Waals surface area (Å²) in [5.74, 6) is 0. The normalized spacial score (nSPS) is 10.9. The Morgan fingerprint density at radius 3 is 2.62 bits per heavy atom. The summed E-state index contributed by atoms with van der Waals surface area (Å²) in [5.41, 5.74) is 5.06. The van der Waals surface area contributed by atoms with Crippen molar-refractivity contribution in [3.8, 4) is 0 Å². The zero-order valence-electron chi connectivity index (χ0n) is 9.27. The Labute approximate surface area is 98.9 Å². The minimum atomic E-state index is 0.835. The molecular formula is C12H13N3S. The summed E-state index contributed by atoms with van der Waals surface area (Å²) in [7, 11) is 0. The van der Waals surface area contributed by atoms with E-state index in [2.05, 4.69) is 22.4 Å². The van der Waals surface area contributed by atoms with Crippen molar-refractivity contribution in [2.45, 2.75) is 13.8 Å². The summed E-state index contributed by atoms with van der Waals surface area (Å²) in [6, 6.07) is 9.96. The van der Waals surface area contributed by atoms with Gasteiger partial charge in [-0.1, -0.05) is 30.3 Å². The first-order valence-corrected chi connectivity index (χ1v) is 5.85. The molecule has 0 amide bonds. The molecule has 0 aliphatic heterocycles. The average Bonchev–Trinajstić information content (AvgIpc) is 2.60. The van der Waals surface area contributed by atoms with Crippen LogP contribution in [0, 0.1) is 13.8 Å². The molecule has 1 aromatic heterocycles. The smallest absolute Gasteiger partial charge is 0.203 e. The second-order valence-electron chi connectivity index (χ2n) is 3.44. The number of aromatic nitrogens is 1. The van der Waals surface area contributed by atoms with Crippen molar-refractivity contribution < 1.29 is 0 Å². The van der Waals surface area contributed by atoms with Gasteiger partial charge in [0.25, 0.3) is 0 Å². The van der Waals surface area contributed by atoms with Crippen LogP contribution in [0.1, 0.15) is 16.1 Å². The minimum Gasteiger partial charge on any atom is -0.253 e. The van der Waals surface area contributed by atoms with Crippen LogP contribution in [0.5, 0.6) is 0 Å². The summed E-state index contributed by atoms with van der Waals surface area (Å²) in [4.78, 5) is 5.55. The van der Waals surface area contributed by atoms with Crippen molar-refractivity contribution in [2.75, 3.05) is 5.43 Å². The predicted molar refractivity (Wildman–Crippen MR) is 69.2 cm³/mol. The lowest BCUT2D eigenvalue weighted by Crippen LogP contribution is -1.89. The summed E-state index contributed by atoms with van der Waals surface area (Å²) in [6.07, 6.45) is 1.78. The lowest BCUT2D eigenvalue weighted by atomic mass is 10.2. The second-order valence-corrected chi connectivity index (χ2v) is 4.64. The van der Waals surface area contributed by atoms with Gasteiger partial charge < -0.3 is 0 Å². The molecule has 82 valence electrons. The van der Waals surface area contributed by atoms with Gasteiger partial charge in [-0.3, -0.25) is 5.43 Å². The van der Waals surface area contributed by atoms with Gasteiger partial charge >= 0.3 is 0 Å². The molecule has 0 fully saturated rings. The first kappa shape index (κ1) is 10.8. The Balaban J connectivity index is 2.00. The number of benzene rings is 1. The molecule has 0 saturated heterocycles. The van der Waals surface area contributed by atoms with Gasteiger partial charge in [0.2, 0.25) is 5.13 Å². The topological polar surface area (TPSA) is 37.3 Å². The molecular weight excluding hydrogens is 218 g/mol. The maximum Gasteiger partial charge on any atom is 0.203 e. The fraction of sp³-hybridized carbons (Fsp3) is 0.167. The van der Waals surface area contributed by atoms with E-state index in [1.54, 1.807) is 17.6 Å². The molecule has 0 radical (unpaired) electrons. The highest BCUT2D eigenvalue weighted by molar-refractivity contribution is 7.15. The third-order valence-electron chi connectivity index (χ3n) is 2.20. The predicted octanol–water partition coefficient (Wildman–Crippen LogP) is 3.21. The van der Waals surface area contributed by atoms with E-state index >= 15 is 0 Å². The van der Waals surface area contributed by atoms with E-state index in [4.69, 9.17) is 0 Å². The third kappa shape index (κ3) is 2.67. The molecule has 0 aliphatic carbocycles. The van der Waals surface area contributed by atoms with Crippen molar-refractivity contribution in [1.29, 1.82) is 0 Å². The van der Waals surface area contributed by atoms with Crippen molar-refractivity contribution in [3.63, 3.8) is 0 Å². The van der Waals surface area contributed by atoms with Crippen LogP contribution in [-0.2, 0) is 0 Å². The summed E-state index contributed by atoms with van der Waals surface area (Å²) < 4.78 is 0. The zero-order chi connectivity index (χ0) is 11.4. The first-order chi connectivity index (χ1) is 7.75. The highest BCUT2D eigenvalue weighted by atomic mass is 32.1. The number of hydrogen-bond acceptors (Lipinski definition) is 4. The molecule has 3 nitrogen and oxygen atoms in total. The molecule has 1 heterocycles. The van der Waals surface area contributed by atoms with Crippen LogP contribution in [0.15, 0.2) is 35.4 Å². The maximum absolute atomic E-state index is 4.34. The van der Waals surface area contributed by atoms with Gasteiger partial charge in [0, 0.05) is 4.88 Å².